The number of benzene rings is 2. The van der Waals surface area contributed by atoms with E-state index in [0.29, 0.717) is 4.91 Å². The summed E-state index contributed by atoms with van der Waals surface area (Å²) >= 11 is 0. The average molecular weight is 524 g/mol. The van der Waals surface area contributed by atoms with E-state index in [0.717, 1.165) is 18.2 Å². The molecule has 2 heterocycles. The number of fused-ring (bicyclic) bond motifs is 1. The zero-order chi connectivity index (χ0) is 26.9. The van der Waals surface area contributed by atoms with E-state index < -0.39 is 30.0 Å². The lowest BCUT2D eigenvalue weighted by atomic mass is 10.2. The molecule has 0 N–H and O–H groups in total. The highest BCUT2D eigenvalue weighted by molar-refractivity contribution is 5.98. The SMILES string of the molecule is CCOC(=O)c1nn(C)c2c1on(-c1cc(OCc3c(OC)ccc(F)c3F)c(OC)cc1F)on2C. The first-order chi connectivity index (χ1) is 17.7. The Morgan fingerprint density at radius 2 is 1.76 bits per heavy atom. The zero-order valence-electron chi connectivity index (χ0n) is 20.5. The van der Waals surface area contributed by atoms with Crippen LogP contribution in [-0.4, -0.2) is 46.2 Å². The van der Waals surface area contributed by atoms with Crippen molar-refractivity contribution in [3.05, 3.63) is 53.0 Å². The van der Waals surface area contributed by atoms with E-state index in [9.17, 15) is 13.6 Å². The second kappa shape index (κ2) is 10.2. The summed E-state index contributed by atoms with van der Waals surface area (Å²) < 4.78 is 77.9. The van der Waals surface area contributed by atoms with Crippen LogP contribution in [0.15, 0.2) is 33.4 Å². The molecule has 14 heteroatoms. The highest BCUT2D eigenvalue weighted by Crippen LogP contribution is 2.34. The molecular formula is C23H23F3N4O7. The molecule has 0 fully saturated rings. The Hall–Kier alpha value is -4.49. The summed E-state index contributed by atoms with van der Waals surface area (Å²) in [6.07, 6.45) is 0. The second-order valence-corrected chi connectivity index (χ2v) is 7.56. The van der Waals surface area contributed by atoms with Gasteiger partial charge in [0.25, 0.3) is 0 Å². The van der Waals surface area contributed by atoms with Gasteiger partial charge >= 0.3 is 5.97 Å². The maximum absolute atomic E-state index is 15.1. The molecule has 0 aliphatic heterocycles. The van der Waals surface area contributed by atoms with Gasteiger partial charge in [0, 0.05) is 26.2 Å². The smallest absolute Gasteiger partial charge is 0.362 e. The van der Waals surface area contributed by atoms with Crippen LogP contribution in [0, 0.1) is 17.5 Å². The van der Waals surface area contributed by atoms with E-state index in [1.54, 1.807) is 14.0 Å². The number of nitrogens with zero attached hydrogens (tertiary/aromatic N) is 4. The summed E-state index contributed by atoms with van der Waals surface area (Å²) in [5.41, 5.74) is -0.422. The maximum Gasteiger partial charge on any atom is 0.362 e. The maximum atomic E-state index is 15.1. The first kappa shape index (κ1) is 25.6. The van der Waals surface area contributed by atoms with Crippen LogP contribution in [0.2, 0.25) is 0 Å². The summed E-state index contributed by atoms with van der Waals surface area (Å²) in [4.78, 5) is 13.1. The normalized spacial score (nSPS) is 11.0. The molecule has 0 bridgehead atoms. The van der Waals surface area contributed by atoms with Gasteiger partial charge in [-0.3, -0.25) is 4.63 Å². The van der Waals surface area contributed by atoms with Crippen LogP contribution >= 0.6 is 0 Å². The third kappa shape index (κ3) is 4.69. The number of carbonyl (C=O) groups excluding carboxylic acids is 1. The summed E-state index contributed by atoms with van der Waals surface area (Å²) in [7, 11) is 5.62. The monoisotopic (exact) mass is 524 g/mol. The molecule has 4 rings (SSSR count). The number of ether oxygens (including phenoxy) is 4. The molecule has 37 heavy (non-hydrogen) atoms. The Labute approximate surface area is 207 Å². The van der Waals surface area contributed by atoms with E-state index in [4.69, 9.17) is 28.1 Å². The van der Waals surface area contributed by atoms with Gasteiger partial charge in [0.1, 0.15) is 12.4 Å². The number of aryl methyl sites for hydroxylation is 2. The van der Waals surface area contributed by atoms with Gasteiger partial charge in [-0.1, -0.05) is 0 Å². The third-order valence-corrected chi connectivity index (χ3v) is 5.29. The molecule has 0 atom stereocenters. The molecular weight excluding hydrogens is 501 g/mol. The van der Waals surface area contributed by atoms with Gasteiger partial charge in [-0.25, -0.2) is 22.6 Å². The Balaban J connectivity index is 1.80. The van der Waals surface area contributed by atoms with Crippen molar-refractivity contribution in [3.8, 4) is 22.9 Å². The van der Waals surface area contributed by atoms with Crippen LogP contribution in [0.3, 0.4) is 0 Å². The van der Waals surface area contributed by atoms with Gasteiger partial charge < -0.3 is 23.5 Å². The van der Waals surface area contributed by atoms with Crippen molar-refractivity contribution >= 4 is 17.2 Å². The third-order valence-electron chi connectivity index (χ3n) is 5.29. The molecule has 198 valence electrons. The number of carbonyl (C=O) groups is 1. The molecule has 0 aliphatic rings. The van der Waals surface area contributed by atoms with Gasteiger partial charge in [0.15, 0.2) is 34.6 Å². The molecule has 11 nitrogen and oxygen atoms in total. The van der Waals surface area contributed by atoms with E-state index in [1.807, 2.05) is 0 Å². The van der Waals surface area contributed by atoms with Crippen LogP contribution < -0.4 is 14.2 Å². The number of esters is 1. The van der Waals surface area contributed by atoms with Crippen molar-refractivity contribution in [3.63, 3.8) is 0 Å². The molecule has 0 amide bonds. The quantitative estimate of drug-likeness (QED) is 0.316. The molecule has 2 aromatic heterocycles. The van der Waals surface area contributed by atoms with Crippen LogP contribution in [-0.2, 0) is 25.4 Å². The Morgan fingerprint density at radius 1 is 1.03 bits per heavy atom. The average Bonchev–Trinajstić information content (AvgIpc) is 3.22. The number of halogens is 3. The largest absolute Gasteiger partial charge is 0.496 e. The fraction of sp³-hybridized carbons (Fsp3) is 0.304. The lowest BCUT2D eigenvalue weighted by Crippen LogP contribution is -2.09. The zero-order valence-corrected chi connectivity index (χ0v) is 20.5. The Bertz CT molecular complexity index is 1510. The standard InChI is InChI=1S/C23H23F3N4O7/c1-6-34-23(31)20-21-22(28(2)27-20)29(3)37-30(36-21)15-10-18(17(33-5)9-14(15)25)35-11-12-16(32-4)8-7-13(24)19(12)26/h7-10H,6,11H2,1-5H3. The van der Waals surface area contributed by atoms with E-state index in [1.165, 1.54) is 36.8 Å². The Morgan fingerprint density at radius 3 is 2.43 bits per heavy atom. The number of hydrogen-bond donors (Lipinski definition) is 0. The number of hydrogen-bond acceptors (Lipinski definition) is 8. The summed E-state index contributed by atoms with van der Waals surface area (Å²) in [5.74, 6) is -3.88. The topological polar surface area (TPSA) is 108 Å². The summed E-state index contributed by atoms with van der Waals surface area (Å²) in [6.45, 7) is 1.26. The lowest BCUT2D eigenvalue weighted by Gasteiger charge is -2.15. The van der Waals surface area contributed by atoms with Crippen LogP contribution in [0.5, 0.6) is 17.2 Å². The second-order valence-electron chi connectivity index (χ2n) is 7.56. The molecule has 0 radical (unpaired) electrons. The molecule has 0 unspecified atom stereocenters. The predicted molar refractivity (Wildman–Crippen MR) is 121 cm³/mol. The van der Waals surface area contributed by atoms with Crippen molar-refractivity contribution in [1.29, 1.82) is 0 Å². The van der Waals surface area contributed by atoms with Crippen molar-refractivity contribution in [2.45, 2.75) is 13.5 Å². The first-order valence-electron chi connectivity index (χ1n) is 10.8. The molecule has 0 saturated carbocycles. The van der Waals surface area contributed by atoms with Gasteiger partial charge in [-0.05, 0) is 24.0 Å². The summed E-state index contributed by atoms with van der Waals surface area (Å²) in [6, 6.07) is 4.33. The fourth-order valence-electron chi connectivity index (χ4n) is 3.59. The van der Waals surface area contributed by atoms with Crippen molar-refractivity contribution < 1.29 is 46.1 Å². The minimum absolute atomic E-state index is 0.0426. The van der Waals surface area contributed by atoms with Crippen molar-refractivity contribution in [2.24, 2.45) is 14.1 Å². The highest BCUT2D eigenvalue weighted by atomic mass is 19.2. The van der Waals surface area contributed by atoms with E-state index >= 15 is 4.39 Å². The van der Waals surface area contributed by atoms with Crippen LogP contribution in [0.1, 0.15) is 23.0 Å². The van der Waals surface area contributed by atoms with E-state index in [2.05, 4.69) is 5.10 Å². The minimum Gasteiger partial charge on any atom is -0.496 e. The lowest BCUT2D eigenvalue weighted by molar-refractivity contribution is 0.0313. The van der Waals surface area contributed by atoms with Crippen LogP contribution in [0.25, 0.3) is 16.9 Å². The van der Waals surface area contributed by atoms with Crippen LogP contribution in [0.4, 0.5) is 13.2 Å². The van der Waals surface area contributed by atoms with Gasteiger partial charge in [0.2, 0.25) is 16.9 Å². The van der Waals surface area contributed by atoms with Gasteiger partial charge in [-0.2, -0.15) is 9.84 Å². The van der Waals surface area contributed by atoms with Gasteiger partial charge in [0.05, 0.1) is 26.4 Å². The molecule has 0 aliphatic carbocycles. The van der Waals surface area contributed by atoms with Crippen molar-refractivity contribution in [1.82, 2.24) is 19.4 Å². The molecule has 0 spiro atoms. The fourth-order valence-corrected chi connectivity index (χ4v) is 3.59. The van der Waals surface area contributed by atoms with E-state index in [-0.39, 0.29) is 52.0 Å². The highest BCUT2D eigenvalue weighted by Gasteiger charge is 2.25. The summed E-state index contributed by atoms with van der Waals surface area (Å²) in [5, 5.41) is 4.10. The Kier molecular flexibility index (Phi) is 7.09. The minimum atomic E-state index is -1.15. The predicted octanol–water partition coefficient (Wildman–Crippen LogP) is 4.20. The number of methoxy groups -OCH3 is 2. The number of rotatable bonds is 8. The molecule has 4 aromatic rings. The van der Waals surface area contributed by atoms with Crippen molar-refractivity contribution in [2.75, 3.05) is 20.8 Å². The van der Waals surface area contributed by atoms with Gasteiger partial charge in [-0.15, -0.1) is 0 Å². The molecule has 2 aromatic carbocycles. The molecule has 0 saturated heterocycles. The first-order valence-corrected chi connectivity index (χ1v) is 10.8. The number of aromatic nitrogens is 4.